The number of halogens is 2. The number of hydrogen-bond acceptors (Lipinski definition) is 3. The van der Waals surface area contributed by atoms with Gasteiger partial charge in [-0.3, -0.25) is 0 Å². The molecule has 1 unspecified atom stereocenters. The molecule has 7 heteroatoms. The zero-order valence-corrected chi connectivity index (χ0v) is 13.9. The summed E-state index contributed by atoms with van der Waals surface area (Å²) >= 11 is 3.13. The molecular weight excluding hydrogens is 347 g/mol. The van der Waals surface area contributed by atoms with Gasteiger partial charge in [0, 0.05) is 24.1 Å². The molecule has 20 heavy (non-hydrogen) atoms. The van der Waals surface area contributed by atoms with Crippen molar-refractivity contribution in [1.82, 2.24) is 9.21 Å². The first-order valence-corrected chi connectivity index (χ1v) is 8.67. The van der Waals surface area contributed by atoms with E-state index in [4.69, 9.17) is 0 Å². The Morgan fingerprint density at radius 1 is 1.45 bits per heavy atom. The molecule has 0 amide bonds. The van der Waals surface area contributed by atoms with E-state index in [1.807, 2.05) is 7.05 Å². The van der Waals surface area contributed by atoms with Crippen molar-refractivity contribution in [1.29, 1.82) is 0 Å². The lowest BCUT2D eigenvalue weighted by atomic mass is 10.1. The molecule has 2 rings (SSSR count). The van der Waals surface area contributed by atoms with Gasteiger partial charge in [0.15, 0.2) is 0 Å². The van der Waals surface area contributed by atoms with Crippen LogP contribution in [-0.4, -0.2) is 50.8 Å². The predicted molar refractivity (Wildman–Crippen MR) is 79.6 cm³/mol. The minimum Gasteiger partial charge on any atom is -0.305 e. The normalized spacial score (nSPS) is 21.4. The fraction of sp³-hybridized carbons (Fsp3) is 0.538. The molecule has 1 heterocycles. The van der Waals surface area contributed by atoms with Crippen molar-refractivity contribution in [3.63, 3.8) is 0 Å². The van der Waals surface area contributed by atoms with Gasteiger partial charge in [-0.1, -0.05) is 15.9 Å². The summed E-state index contributed by atoms with van der Waals surface area (Å²) in [6.07, 6.45) is 1.75. The smallest absolute Gasteiger partial charge is 0.246 e. The van der Waals surface area contributed by atoms with Crippen molar-refractivity contribution < 1.29 is 12.8 Å². The van der Waals surface area contributed by atoms with Crippen LogP contribution in [0.15, 0.2) is 27.6 Å². The van der Waals surface area contributed by atoms with Crippen LogP contribution in [0.3, 0.4) is 0 Å². The Hall–Kier alpha value is -0.500. The molecule has 1 saturated heterocycles. The van der Waals surface area contributed by atoms with E-state index in [1.165, 1.54) is 29.6 Å². The van der Waals surface area contributed by atoms with Gasteiger partial charge < -0.3 is 4.90 Å². The molecule has 0 bridgehead atoms. The summed E-state index contributed by atoms with van der Waals surface area (Å²) in [4.78, 5) is 1.83. The SMILES string of the molecule is CN1CCCC(N(C)S(=O)(=O)c2ccc(Br)cc2F)C1. The number of sulfonamides is 1. The molecular formula is C13H18BrFN2O2S. The fourth-order valence-electron chi connectivity index (χ4n) is 2.47. The maximum Gasteiger partial charge on any atom is 0.246 e. The Kier molecular flexibility index (Phi) is 4.84. The molecule has 0 aromatic heterocycles. The number of nitrogens with zero attached hydrogens (tertiary/aromatic N) is 2. The van der Waals surface area contributed by atoms with E-state index in [0.29, 0.717) is 11.0 Å². The van der Waals surface area contributed by atoms with Crippen molar-refractivity contribution in [2.24, 2.45) is 0 Å². The van der Waals surface area contributed by atoms with Crippen LogP contribution in [0.5, 0.6) is 0 Å². The third-order valence-corrected chi connectivity index (χ3v) is 6.10. The molecule has 0 radical (unpaired) electrons. The first-order valence-electron chi connectivity index (χ1n) is 6.44. The highest BCUT2D eigenvalue weighted by molar-refractivity contribution is 9.10. The maximum atomic E-state index is 13.9. The van der Waals surface area contributed by atoms with Crippen molar-refractivity contribution >= 4 is 26.0 Å². The highest BCUT2D eigenvalue weighted by atomic mass is 79.9. The maximum absolute atomic E-state index is 13.9. The molecule has 0 spiro atoms. The quantitative estimate of drug-likeness (QED) is 0.826. The Balaban J connectivity index is 2.29. The summed E-state index contributed by atoms with van der Waals surface area (Å²) in [5, 5.41) is 0. The number of hydrogen-bond donors (Lipinski definition) is 0. The second-order valence-electron chi connectivity index (χ2n) is 5.15. The van der Waals surface area contributed by atoms with E-state index < -0.39 is 15.8 Å². The second-order valence-corrected chi connectivity index (χ2v) is 8.04. The van der Waals surface area contributed by atoms with Gasteiger partial charge >= 0.3 is 0 Å². The molecule has 1 aromatic carbocycles. The first kappa shape index (κ1) is 15.9. The lowest BCUT2D eigenvalue weighted by molar-refractivity contribution is 0.187. The van der Waals surface area contributed by atoms with Crippen LogP contribution >= 0.6 is 15.9 Å². The van der Waals surface area contributed by atoms with Gasteiger partial charge in [0.25, 0.3) is 0 Å². The molecule has 4 nitrogen and oxygen atoms in total. The summed E-state index contributed by atoms with van der Waals surface area (Å²) in [6.45, 7) is 1.64. The van der Waals surface area contributed by atoms with E-state index >= 15 is 0 Å². The van der Waals surface area contributed by atoms with E-state index in [1.54, 1.807) is 0 Å². The Labute approximate surface area is 127 Å². The Bertz CT molecular complexity index is 594. The largest absolute Gasteiger partial charge is 0.305 e. The number of piperidine rings is 1. The first-order chi connectivity index (χ1) is 9.32. The molecule has 0 saturated carbocycles. The predicted octanol–water partition coefficient (Wildman–Crippen LogP) is 2.30. The molecule has 1 aliphatic heterocycles. The van der Waals surface area contributed by atoms with Crippen molar-refractivity contribution in [3.05, 3.63) is 28.5 Å². The molecule has 0 N–H and O–H groups in total. The van der Waals surface area contributed by atoms with Gasteiger partial charge in [0.1, 0.15) is 10.7 Å². The summed E-state index contributed by atoms with van der Waals surface area (Å²) in [7, 11) is -0.305. The minimum atomic E-state index is -3.80. The summed E-state index contributed by atoms with van der Waals surface area (Å²) in [5.74, 6) is -0.726. The van der Waals surface area contributed by atoms with Crippen molar-refractivity contribution in [3.8, 4) is 0 Å². The lowest BCUT2D eigenvalue weighted by Gasteiger charge is -2.35. The monoisotopic (exact) mass is 364 g/mol. The van der Waals surface area contributed by atoms with E-state index in [0.717, 1.165) is 19.4 Å². The number of likely N-dealkylation sites (tertiary alicyclic amines) is 1. The van der Waals surface area contributed by atoms with Gasteiger partial charge in [-0.05, 0) is 44.6 Å². The van der Waals surface area contributed by atoms with Crippen LogP contribution in [0.25, 0.3) is 0 Å². The van der Waals surface area contributed by atoms with Crippen LogP contribution < -0.4 is 0 Å². The number of rotatable bonds is 3. The average molecular weight is 365 g/mol. The Morgan fingerprint density at radius 2 is 2.15 bits per heavy atom. The third-order valence-electron chi connectivity index (χ3n) is 3.66. The van der Waals surface area contributed by atoms with Crippen LogP contribution in [0.2, 0.25) is 0 Å². The fourth-order valence-corrected chi connectivity index (χ4v) is 4.23. The molecule has 1 atom stereocenters. The molecule has 0 aliphatic carbocycles. The zero-order chi connectivity index (χ0) is 14.9. The number of likely N-dealkylation sites (N-methyl/N-ethyl adjacent to an activating group) is 2. The van der Waals surface area contributed by atoms with E-state index in [-0.39, 0.29) is 10.9 Å². The molecule has 1 aromatic rings. The summed E-state index contributed by atoms with van der Waals surface area (Å²) in [6, 6.07) is 3.91. The van der Waals surface area contributed by atoms with Crippen LogP contribution in [-0.2, 0) is 10.0 Å². The van der Waals surface area contributed by atoms with Crippen LogP contribution in [0.4, 0.5) is 4.39 Å². The summed E-state index contributed by atoms with van der Waals surface area (Å²) in [5.41, 5.74) is 0. The second kappa shape index (κ2) is 6.09. The van der Waals surface area contributed by atoms with E-state index in [9.17, 15) is 12.8 Å². The lowest BCUT2D eigenvalue weighted by Crippen LogP contribution is -2.47. The van der Waals surface area contributed by atoms with Gasteiger partial charge in [-0.2, -0.15) is 4.31 Å². The van der Waals surface area contributed by atoms with Crippen LogP contribution in [0, 0.1) is 5.82 Å². The van der Waals surface area contributed by atoms with Gasteiger partial charge in [0.2, 0.25) is 10.0 Å². The van der Waals surface area contributed by atoms with E-state index in [2.05, 4.69) is 20.8 Å². The van der Waals surface area contributed by atoms with Crippen molar-refractivity contribution in [2.45, 2.75) is 23.8 Å². The highest BCUT2D eigenvalue weighted by Gasteiger charge is 2.32. The van der Waals surface area contributed by atoms with Gasteiger partial charge in [0.05, 0.1) is 0 Å². The third kappa shape index (κ3) is 3.21. The summed E-state index contributed by atoms with van der Waals surface area (Å²) < 4.78 is 40.8. The average Bonchev–Trinajstić information content (AvgIpc) is 2.37. The van der Waals surface area contributed by atoms with Gasteiger partial charge in [-0.15, -0.1) is 0 Å². The molecule has 112 valence electrons. The molecule has 1 aliphatic rings. The highest BCUT2D eigenvalue weighted by Crippen LogP contribution is 2.25. The standard InChI is InChI=1S/C13H18BrFN2O2S/c1-16-7-3-4-11(9-16)17(2)20(18,19)13-6-5-10(14)8-12(13)15/h5-6,8,11H,3-4,7,9H2,1-2H3. The Morgan fingerprint density at radius 3 is 2.75 bits per heavy atom. The van der Waals surface area contributed by atoms with Crippen LogP contribution in [0.1, 0.15) is 12.8 Å². The zero-order valence-electron chi connectivity index (χ0n) is 11.5. The molecule has 1 fully saturated rings. The minimum absolute atomic E-state index is 0.109. The topological polar surface area (TPSA) is 40.6 Å². The van der Waals surface area contributed by atoms with Gasteiger partial charge in [-0.25, -0.2) is 12.8 Å². The number of benzene rings is 1. The van der Waals surface area contributed by atoms with Crippen molar-refractivity contribution in [2.75, 3.05) is 27.2 Å².